The number of anilines is 2. The third kappa shape index (κ3) is 4.14. The maximum atomic E-state index is 13.1. The molecule has 8 nitrogen and oxygen atoms in total. The Bertz CT molecular complexity index is 1030. The van der Waals surface area contributed by atoms with Crippen molar-refractivity contribution in [3.05, 3.63) is 60.2 Å². The highest BCUT2D eigenvalue weighted by Crippen LogP contribution is 2.32. The molecule has 2 aromatic rings. The van der Waals surface area contributed by atoms with E-state index in [-0.39, 0.29) is 11.8 Å². The molecule has 5 amide bonds. The Hall–Kier alpha value is -3.68. The van der Waals surface area contributed by atoms with Crippen LogP contribution in [0, 0.1) is 5.92 Å². The molecule has 0 aromatic heterocycles. The van der Waals surface area contributed by atoms with E-state index in [0.29, 0.717) is 23.4 Å². The zero-order chi connectivity index (χ0) is 22.0. The summed E-state index contributed by atoms with van der Waals surface area (Å²) in [6, 6.07) is 15.2. The second kappa shape index (κ2) is 8.22. The van der Waals surface area contributed by atoms with Gasteiger partial charge in [-0.3, -0.25) is 19.3 Å². The molecule has 2 aliphatic rings. The average Bonchev–Trinajstić information content (AvgIpc) is 3.58. The number of carbonyl (C=O) groups excluding carboxylic acids is 4. The van der Waals surface area contributed by atoms with Gasteiger partial charge in [-0.15, -0.1) is 0 Å². The minimum atomic E-state index is -1.17. The van der Waals surface area contributed by atoms with Crippen LogP contribution in [0.25, 0.3) is 0 Å². The standard InChI is InChI=1S/C23H24N4O4/c1-2-23(16-7-4-3-5-8-16)21(30)27(22(31)26-23)14-19(28)24-17-9-6-10-18(13-17)25-20(29)15-11-12-15/h3-10,13,15H,2,11-12,14H2,1H3,(H,24,28)(H,25,29)(H,26,31). The Morgan fingerprint density at radius 2 is 1.71 bits per heavy atom. The lowest BCUT2D eigenvalue weighted by atomic mass is 9.87. The summed E-state index contributed by atoms with van der Waals surface area (Å²) in [5.41, 5.74) is 0.554. The largest absolute Gasteiger partial charge is 0.326 e. The van der Waals surface area contributed by atoms with Gasteiger partial charge in [0.1, 0.15) is 12.1 Å². The number of hydrogen-bond acceptors (Lipinski definition) is 4. The van der Waals surface area contributed by atoms with E-state index >= 15 is 0 Å². The van der Waals surface area contributed by atoms with Crippen LogP contribution in [0.15, 0.2) is 54.6 Å². The molecule has 0 spiro atoms. The number of hydrogen-bond donors (Lipinski definition) is 3. The summed E-state index contributed by atoms with van der Waals surface area (Å²) in [5, 5.41) is 8.27. The Labute approximate surface area is 180 Å². The summed E-state index contributed by atoms with van der Waals surface area (Å²) in [7, 11) is 0. The van der Waals surface area contributed by atoms with E-state index in [1.807, 2.05) is 13.0 Å². The van der Waals surface area contributed by atoms with Crippen molar-refractivity contribution in [1.29, 1.82) is 0 Å². The van der Waals surface area contributed by atoms with Crippen molar-refractivity contribution in [2.75, 3.05) is 17.2 Å². The van der Waals surface area contributed by atoms with E-state index < -0.39 is 29.9 Å². The molecule has 1 aliphatic heterocycles. The summed E-state index contributed by atoms with van der Waals surface area (Å²) in [5.74, 6) is -0.915. The third-order valence-corrected chi connectivity index (χ3v) is 5.64. The molecule has 4 rings (SSSR count). The molecule has 8 heteroatoms. The SMILES string of the molecule is CCC1(c2ccccc2)NC(=O)N(CC(=O)Nc2cccc(NC(=O)C3CC3)c2)C1=O. The first kappa shape index (κ1) is 20.6. The van der Waals surface area contributed by atoms with E-state index in [4.69, 9.17) is 0 Å². The van der Waals surface area contributed by atoms with Gasteiger partial charge in [-0.05, 0) is 43.0 Å². The monoisotopic (exact) mass is 420 g/mol. The molecule has 1 heterocycles. The van der Waals surface area contributed by atoms with E-state index in [0.717, 1.165) is 17.7 Å². The molecule has 1 atom stereocenters. The number of rotatable bonds is 7. The summed E-state index contributed by atoms with van der Waals surface area (Å²) in [6.07, 6.45) is 2.16. The first-order valence-electron chi connectivity index (χ1n) is 10.3. The van der Waals surface area contributed by atoms with Crippen LogP contribution >= 0.6 is 0 Å². The van der Waals surface area contributed by atoms with Crippen LogP contribution in [0.3, 0.4) is 0 Å². The molecule has 2 aromatic carbocycles. The Balaban J connectivity index is 1.43. The van der Waals surface area contributed by atoms with Crippen molar-refractivity contribution in [2.24, 2.45) is 5.92 Å². The lowest BCUT2D eigenvalue weighted by Crippen LogP contribution is -2.44. The molecule has 1 aliphatic carbocycles. The number of amides is 5. The van der Waals surface area contributed by atoms with E-state index in [9.17, 15) is 19.2 Å². The molecule has 0 radical (unpaired) electrons. The predicted molar refractivity (Wildman–Crippen MR) is 115 cm³/mol. The van der Waals surface area contributed by atoms with Gasteiger partial charge in [-0.25, -0.2) is 4.79 Å². The van der Waals surface area contributed by atoms with Crippen molar-refractivity contribution in [2.45, 2.75) is 31.7 Å². The van der Waals surface area contributed by atoms with Crippen LogP contribution in [0.4, 0.5) is 16.2 Å². The Kier molecular flexibility index (Phi) is 5.46. The molecule has 1 saturated carbocycles. The van der Waals surface area contributed by atoms with E-state index in [1.165, 1.54) is 0 Å². The maximum absolute atomic E-state index is 13.1. The van der Waals surface area contributed by atoms with Crippen LogP contribution in [-0.2, 0) is 19.9 Å². The van der Waals surface area contributed by atoms with Gasteiger partial charge in [-0.2, -0.15) is 0 Å². The molecule has 2 fully saturated rings. The van der Waals surface area contributed by atoms with Crippen molar-refractivity contribution in [3.8, 4) is 0 Å². The fourth-order valence-electron chi connectivity index (χ4n) is 3.74. The first-order chi connectivity index (χ1) is 14.9. The predicted octanol–water partition coefficient (Wildman–Crippen LogP) is 2.83. The first-order valence-corrected chi connectivity index (χ1v) is 10.3. The average molecular weight is 420 g/mol. The fraction of sp³-hybridized carbons (Fsp3) is 0.304. The maximum Gasteiger partial charge on any atom is 0.325 e. The van der Waals surface area contributed by atoms with Crippen LogP contribution < -0.4 is 16.0 Å². The van der Waals surface area contributed by atoms with Gasteiger partial charge in [-0.1, -0.05) is 43.3 Å². The van der Waals surface area contributed by atoms with E-state index in [2.05, 4.69) is 16.0 Å². The smallest absolute Gasteiger partial charge is 0.325 e. The highest BCUT2D eigenvalue weighted by Gasteiger charge is 2.51. The lowest BCUT2D eigenvalue weighted by molar-refractivity contribution is -0.134. The molecule has 1 unspecified atom stereocenters. The molecule has 3 N–H and O–H groups in total. The highest BCUT2D eigenvalue weighted by molar-refractivity contribution is 6.10. The summed E-state index contributed by atoms with van der Waals surface area (Å²) >= 11 is 0. The van der Waals surface area contributed by atoms with Crippen molar-refractivity contribution in [1.82, 2.24) is 10.2 Å². The van der Waals surface area contributed by atoms with Crippen LogP contribution in [0.1, 0.15) is 31.7 Å². The summed E-state index contributed by atoms with van der Waals surface area (Å²) in [4.78, 5) is 51.1. The fourth-order valence-corrected chi connectivity index (χ4v) is 3.74. The third-order valence-electron chi connectivity index (χ3n) is 5.64. The minimum Gasteiger partial charge on any atom is -0.326 e. The summed E-state index contributed by atoms with van der Waals surface area (Å²) in [6.45, 7) is 1.41. The number of benzene rings is 2. The van der Waals surface area contributed by atoms with Crippen LogP contribution in [0.2, 0.25) is 0 Å². The molecule has 1 saturated heterocycles. The van der Waals surface area contributed by atoms with Gasteiger partial charge < -0.3 is 16.0 Å². The van der Waals surface area contributed by atoms with Crippen molar-refractivity contribution in [3.63, 3.8) is 0 Å². The normalized spacial score (nSPS) is 20.4. The lowest BCUT2D eigenvalue weighted by Gasteiger charge is -2.25. The van der Waals surface area contributed by atoms with Gasteiger partial charge in [0.2, 0.25) is 11.8 Å². The van der Waals surface area contributed by atoms with Gasteiger partial charge >= 0.3 is 6.03 Å². The number of nitrogens with zero attached hydrogens (tertiary/aromatic N) is 1. The quantitative estimate of drug-likeness (QED) is 0.599. The van der Waals surface area contributed by atoms with Crippen molar-refractivity contribution < 1.29 is 19.2 Å². The minimum absolute atomic E-state index is 0.0281. The number of urea groups is 1. The van der Waals surface area contributed by atoms with Gasteiger partial charge in [0, 0.05) is 17.3 Å². The van der Waals surface area contributed by atoms with Crippen LogP contribution in [0.5, 0.6) is 0 Å². The number of nitrogens with one attached hydrogen (secondary N) is 3. The molecule has 0 bridgehead atoms. The Morgan fingerprint density at radius 1 is 1.03 bits per heavy atom. The second-order valence-electron chi connectivity index (χ2n) is 7.84. The molecular formula is C23H24N4O4. The van der Waals surface area contributed by atoms with Gasteiger partial charge in [0.15, 0.2) is 0 Å². The summed E-state index contributed by atoms with van der Waals surface area (Å²) < 4.78 is 0. The van der Waals surface area contributed by atoms with Gasteiger partial charge in [0.05, 0.1) is 0 Å². The van der Waals surface area contributed by atoms with Crippen molar-refractivity contribution >= 4 is 35.1 Å². The number of carbonyl (C=O) groups is 4. The number of imide groups is 1. The Morgan fingerprint density at radius 3 is 2.35 bits per heavy atom. The zero-order valence-electron chi connectivity index (χ0n) is 17.2. The topological polar surface area (TPSA) is 108 Å². The second-order valence-corrected chi connectivity index (χ2v) is 7.84. The zero-order valence-corrected chi connectivity index (χ0v) is 17.2. The van der Waals surface area contributed by atoms with E-state index in [1.54, 1.807) is 48.5 Å². The van der Waals surface area contributed by atoms with Crippen LogP contribution in [-0.4, -0.2) is 35.2 Å². The molecular weight excluding hydrogens is 396 g/mol. The molecule has 160 valence electrons. The van der Waals surface area contributed by atoms with Gasteiger partial charge in [0.25, 0.3) is 5.91 Å². The molecule has 31 heavy (non-hydrogen) atoms. The highest BCUT2D eigenvalue weighted by atomic mass is 16.2.